The lowest BCUT2D eigenvalue weighted by Crippen LogP contribution is -2.35. The molecule has 6 heteroatoms. The maximum absolute atomic E-state index is 12.5. The summed E-state index contributed by atoms with van der Waals surface area (Å²) in [6, 6.07) is 5.83. The molecule has 27 heavy (non-hydrogen) atoms. The summed E-state index contributed by atoms with van der Waals surface area (Å²) in [4.78, 5) is 26.1. The van der Waals surface area contributed by atoms with E-state index in [0.29, 0.717) is 24.6 Å². The van der Waals surface area contributed by atoms with E-state index in [1.807, 2.05) is 25.1 Å². The number of likely N-dealkylation sites (tertiary alicyclic amines) is 1. The zero-order chi connectivity index (χ0) is 19.6. The number of amides is 1. The Morgan fingerprint density at radius 1 is 1.15 bits per heavy atom. The van der Waals surface area contributed by atoms with Gasteiger partial charge in [0, 0.05) is 19.0 Å². The fourth-order valence-electron chi connectivity index (χ4n) is 4.28. The number of rotatable bonds is 5. The van der Waals surface area contributed by atoms with E-state index in [4.69, 9.17) is 14.2 Å². The summed E-state index contributed by atoms with van der Waals surface area (Å²) in [5.41, 5.74) is 0.320. The molecule has 1 heterocycles. The van der Waals surface area contributed by atoms with E-state index in [-0.39, 0.29) is 17.8 Å². The molecule has 1 aliphatic carbocycles. The van der Waals surface area contributed by atoms with Crippen LogP contribution in [0.3, 0.4) is 0 Å². The van der Waals surface area contributed by atoms with Crippen molar-refractivity contribution < 1.29 is 23.8 Å². The van der Waals surface area contributed by atoms with Gasteiger partial charge in [0.15, 0.2) is 11.5 Å². The molecule has 1 amide bonds. The Morgan fingerprint density at radius 3 is 2.44 bits per heavy atom. The van der Waals surface area contributed by atoms with E-state index in [1.165, 1.54) is 20.0 Å². The standard InChI is InChI=1S/C21H29NO5/c1-14(23)21(2)13-22(20(24)26-4)12-17(21)15-9-10-18(25-3)19(11-15)27-16-7-5-6-8-16/h9-11,16-17H,5-8,12-13H2,1-4H3. The quantitative estimate of drug-likeness (QED) is 0.784. The van der Waals surface area contributed by atoms with Gasteiger partial charge >= 0.3 is 6.09 Å². The first-order valence-corrected chi connectivity index (χ1v) is 9.57. The Kier molecular flexibility index (Phi) is 5.63. The normalized spacial score (nSPS) is 25.5. The molecule has 1 saturated carbocycles. The van der Waals surface area contributed by atoms with E-state index < -0.39 is 11.5 Å². The molecule has 0 bridgehead atoms. The van der Waals surface area contributed by atoms with Gasteiger partial charge in [-0.05, 0) is 50.3 Å². The zero-order valence-corrected chi connectivity index (χ0v) is 16.6. The van der Waals surface area contributed by atoms with E-state index in [1.54, 1.807) is 18.9 Å². The van der Waals surface area contributed by atoms with Crippen LogP contribution in [0, 0.1) is 5.41 Å². The van der Waals surface area contributed by atoms with Gasteiger partial charge in [-0.3, -0.25) is 4.79 Å². The number of ether oxygens (including phenoxy) is 3. The molecule has 2 fully saturated rings. The SMILES string of the molecule is COC(=O)N1CC(c2ccc(OC)c(OC3CCCC3)c2)C(C)(C(C)=O)C1. The molecule has 0 spiro atoms. The monoisotopic (exact) mass is 375 g/mol. The molecule has 6 nitrogen and oxygen atoms in total. The van der Waals surface area contributed by atoms with E-state index in [2.05, 4.69) is 0 Å². The molecule has 1 aliphatic heterocycles. The molecule has 2 atom stereocenters. The van der Waals surface area contributed by atoms with Crippen LogP contribution in [0.2, 0.25) is 0 Å². The number of ketones is 1. The molecule has 1 aromatic carbocycles. The van der Waals surface area contributed by atoms with Gasteiger partial charge in [-0.25, -0.2) is 4.79 Å². The summed E-state index contributed by atoms with van der Waals surface area (Å²) >= 11 is 0. The van der Waals surface area contributed by atoms with Crippen molar-refractivity contribution >= 4 is 11.9 Å². The van der Waals surface area contributed by atoms with Gasteiger partial charge in [0.05, 0.1) is 25.7 Å². The highest BCUT2D eigenvalue weighted by Crippen LogP contribution is 2.45. The molecule has 3 rings (SSSR count). The third-order valence-electron chi connectivity index (χ3n) is 6.11. The number of Topliss-reactive ketones (excluding diaryl/α,β-unsaturated/α-hetero) is 1. The van der Waals surface area contributed by atoms with Gasteiger partial charge in [0.2, 0.25) is 0 Å². The highest BCUT2D eigenvalue weighted by atomic mass is 16.5. The number of nitrogens with zero attached hydrogens (tertiary/aromatic N) is 1. The van der Waals surface area contributed by atoms with Gasteiger partial charge in [0.25, 0.3) is 0 Å². The predicted molar refractivity (Wildman–Crippen MR) is 101 cm³/mol. The summed E-state index contributed by atoms with van der Waals surface area (Å²) in [7, 11) is 2.99. The van der Waals surface area contributed by atoms with Gasteiger partial charge in [0.1, 0.15) is 5.78 Å². The maximum Gasteiger partial charge on any atom is 0.409 e. The molecule has 0 N–H and O–H groups in total. The molecule has 0 aromatic heterocycles. The van der Waals surface area contributed by atoms with E-state index in [9.17, 15) is 9.59 Å². The van der Waals surface area contributed by atoms with Crippen LogP contribution >= 0.6 is 0 Å². The molecule has 148 valence electrons. The minimum atomic E-state index is -0.659. The first kappa shape index (κ1) is 19.5. The summed E-state index contributed by atoms with van der Waals surface area (Å²) in [6.07, 6.45) is 4.29. The molecule has 1 aromatic rings. The second-order valence-corrected chi connectivity index (χ2v) is 7.81. The summed E-state index contributed by atoms with van der Waals surface area (Å²) in [5.74, 6) is 1.35. The Bertz CT molecular complexity index is 713. The molecule has 0 radical (unpaired) electrons. The van der Waals surface area contributed by atoms with Gasteiger partial charge < -0.3 is 19.1 Å². The van der Waals surface area contributed by atoms with Crippen LogP contribution in [0.4, 0.5) is 4.79 Å². The van der Waals surface area contributed by atoms with Crippen molar-refractivity contribution in [3.8, 4) is 11.5 Å². The number of methoxy groups -OCH3 is 2. The average Bonchev–Trinajstić information content (AvgIpc) is 3.29. The zero-order valence-electron chi connectivity index (χ0n) is 16.6. The Balaban J connectivity index is 1.92. The van der Waals surface area contributed by atoms with E-state index >= 15 is 0 Å². The summed E-state index contributed by atoms with van der Waals surface area (Å²) < 4.78 is 16.6. The number of benzene rings is 1. The van der Waals surface area contributed by atoms with Crippen molar-refractivity contribution in [1.82, 2.24) is 4.90 Å². The van der Waals surface area contributed by atoms with Gasteiger partial charge in [-0.2, -0.15) is 0 Å². The summed E-state index contributed by atoms with van der Waals surface area (Å²) in [6.45, 7) is 4.31. The fourth-order valence-corrected chi connectivity index (χ4v) is 4.28. The van der Waals surface area contributed by atoms with E-state index in [0.717, 1.165) is 18.4 Å². The minimum absolute atomic E-state index is 0.0629. The van der Waals surface area contributed by atoms with Crippen molar-refractivity contribution in [3.63, 3.8) is 0 Å². The largest absolute Gasteiger partial charge is 0.493 e. The molecular weight excluding hydrogens is 346 g/mol. The Morgan fingerprint density at radius 2 is 1.85 bits per heavy atom. The number of carbonyl (C=O) groups excluding carboxylic acids is 2. The molecule has 2 aliphatic rings. The predicted octanol–water partition coefficient (Wildman–Crippen LogP) is 3.78. The van der Waals surface area contributed by atoms with Crippen LogP contribution in [0.25, 0.3) is 0 Å². The van der Waals surface area contributed by atoms with Gasteiger partial charge in [-0.1, -0.05) is 13.0 Å². The highest BCUT2D eigenvalue weighted by molar-refractivity contribution is 5.85. The van der Waals surface area contributed by atoms with Crippen LogP contribution in [-0.4, -0.2) is 50.2 Å². The van der Waals surface area contributed by atoms with Crippen molar-refractivity contribution in [2.45, 2.75) is 51.6 Å². The highest BCUT2D eigenvalue weighted by Gasteiger charge is 2.49. The third-order valence-corrected chi connectivity index (χ3v) is 6.11. The lowest BCUT2D eigenvalue weighted by molar-refractivity contribution is -0.125. The van der Waals surface area contributed by atoms with Crippen molar-refractivity contribution in [2.75, 3.05) is 27.3 Å². The molecular formula is C21H29NO5. The molecule has 2 unspecified atom stereocenters. The number of hydrogen-bond donors (Lipinski definition) is 0. The second kappa shape index (κ2) is 7.79. The molecule has 1 saturated heterocycles. The maximum atomic E-state index is 12.5. The van der Waals surface area contributed by atoms with Crippen LogP contribution in [0.1, 0.15) is 51.0 Å². The smallest absolute Gasteiger partial charge is 0.409 e. The Labute approximate surface area is 160 Å². The second-order valence-electron chi connectivity index (χ2n) is 7.81. The van der Waals surface area contributed by atoms with Crippen molar-refractivity contribution in [1.29, 1.82) is 0 Å². The fraction of sp³-hybridized carbons (Fsp3) is 0.619. The lowest BCUT2D eigenvalue weighted by Gasteiger charge is -2.28. The first-order valence-electron chi connectivity index (χ1n) is 9.57. The third kappa shape index (κ3) is 3.75. The Hall–Kier alpha value is -2.24. The lowest BCUT2D eigenvalue weighted by atomic mass is 9.73. The van der Waals surface area contributed by atoms with Crippen LogP contribution < -0.4 is 9.47 Å². The minimum Gasteiger partial charge on any atom is -0.493 e. The van der Waals surface area contributed by atoms with Crippen molar-refractivity contribution in [2.24, 2.45) is 5.41 Å². The van der Waals surface area contributed by atoms with Crippen LogP contribution in [0.5, 0.6) is 11.5 Å². The topological polar surface area (TPSA) is 65.1 Å². The number of hydrogen-bond acceptors (Lipinski definition) is 5. The summed E-state index contributed by atoms with van der Waals surface area (Å²) in [5, 5.41) is 0. The van der Waals surface area contributed by atoms with Crippen molar-refractivity contribution in [3.05, 3.63) is 23.8 Å². The first-order chi connectivity index (χ1) is 12.9. The van der Waals surface area contributed by atoms with Gasteiger partial charge in [-0.15, -0.1) is 0 Å². The average molecular weight is 375 g/mol. The van der Waals surface area contributed by atoms with Crippen LogP contribution in [-0.2, 0) is 9.53 Å². The number of carbonyl (C=O) groups is 2. The van der Waals surface area contributed by atoms with Crippen LogP contribution in [0.15, 0.2) is 18.2 Å².